The predicted octanol–water partition coefficient (Wildman–Crippen LogP) is 2.45. The molecule has 0 amide bonds. The maximum absolute atomic E-state index is 4.23. The molecule has 0 aromatic carbocycles. The summed E-state index contributed by atoms with van der Waals surface area (Å²) in [6, 6.07) is 2.96. The molecule has 18 heavy (non-hydrogen) atoms. The van der Waals surface area contributed by atoms with Gasteiger partial charge in [0.25, 0.3) is 0 Å². The fourth-order valence-corrected chi connectivity index (χ4v) is 3.48. The SMILES string of the molecule is Brc1cncc(CN2CCC3NCCC3C2)c1.Cl. The summed E-state index contributed by atoms with van der Waals surface area (Å²) < 4.78 is 1.08. The smallest absolute Gasteiger partial charge is 0.0410 e. The Labute approximate surface area is 123 Å². The van der Waals surface area contributed by atoms with Crippen molar-refractivity contribution in [3.8, 4) is 0 Å². The molecular weight excluding hydrogens is 314 g/mol. The summed E-state index contributed by atoms with van der Waals surface area (Å²) >= 11 is 3.48. The van der Waals surface area contributed by atoms with Gasteiger partial charge in [-0.1, -0.05) is 0 Å². The first-order chi connectivity index (χ1) is 8.31. The lowest BCUT2D eigenvalue weighted by Gasteiger charge is -2.34. The van der Waals surface area contributed by atoms with E-state index in [1.165, 1.54) is 38.0 Å². The number of pyridine rings is 1. The van der Waals surface area contributed by atoms with Crippen LogP contribution >= 0.6 is 28.3 Å². The van der Waals surface area contributed by atoms with E-state index in [9.17, 15) is 0 Å². The van der Waals surface area contributed by atoms with Crippen molar-refractivity contribution in [2.45, 2.75) is 25.4 Å². The standard InChI is InChI=1S/C13H18BrN3.ClH/c14-12-5-10(6-15-7-12)8-17-4-2-13-11(9-17)1-3-16-13;/h5-7,11,13,16H,1-4,8-9H2;1H. The van der Waals surface area contributed by atoms with Gasteiger partial charge in [0.2, 0.25) is 0 Å². The molecule has 2 saturated heterocycles. The molecule has 5 heteroatoms. The molecule has 1 aromatic heterocycles. The largest absolute Gasteiger partial charge is 0.314 e. The number of likely N-dealkylation sites (tertiary alicyclic amines) is 1. The molecule has 0 spiro atoms. The van der Waals surface area contributed by atoms with Gasteiger partial charge < -0.3 is 5.32 Å². The summed E-state index contributed by atoms with van der Waals surface area (Å²) in [7, 11) is 0. The van der Waals surface area contributed by atoms with Crippen molar-refractivity contribution in [3.63, 3.8) is 0 Å². The van der Waals surface area contributed by atoms with Crippen LogP contribution < -0.4 is 5.32 Å². The molecule has 0 radical (unpaired) electrons. The summed E-state index contributed by atoms with van der Waals surface area (Å²) in [5.74, 6) is 0.865. The van der Waals surface area contributed by atoms with Crippen LogP contribution in [0.2, 0.25) is 0 Å². The minimum Gasteiger partial charge on any atom is -0.314 e. The Morgan fingerprint density at radius 3 is 3.11 bits per heavy atom. The van der Waals surface area contributed by atoms with Crippen molar-refractivity contribution < 1.29 is 0 Å². The highest BCUT2D eigenvalue weighted by Crippen LogP contribution is 2.25. The van der Waals surface area contributed by atoms with Crippen LogP contribution in [-0.2, 0) is 6.54 Å². The van der Waals surface area contributed by atoms with E-state index in [1.807, 2.05) is 12.4 Å². The Kier molecular flexibility index (Phi) is 5.01. The molecule has 2 atom stereocenters. The normalized spacial score (nSPS) is 27.6. The fraction of sp³-hybridized carbons (Fsp3) is 0.615. The third-order valence-corrected chi connectivity index (χ3v) is 4.34. The Balaban J connectivity index is 0.00000120. The van der Waals surface area contributed by atoms with Crippen LogP contribution in [0.15, 0.2) is 22.9 Å². The van der Waals surface area contributed by atoms with Gasteiger partial charge in [-0.15, -0.1) is 12.4 Å². The first-order valence-electron chi connectivity index (χ1n) is 6.36. The molecule has 1 N–H and O–H groups in total. The molecular formula is C13H19BrClN3. The van der Waals surface area contributed by atoms with Crippen molar-refractivity contribution in [3.05, 3.63) is 28.5 Å². The average molecular weight is 333 g/mol. The van der Waals surface area contributed by atoms with Crippen molar-refractivity contribution in [1.29, 1.82) is 0 Å². The summed E-state index contributed by atoms with van der Waals surface area (Å²) in [6.45, 7) is 4.70. The zero-order chi connectivity index (χ0) is 11.7. The predicted molar refractivity (Wildman–Crippen MR) is 79.0 cm³/mol. The van der Waals surface area contributed by atoms with E-state index in [0.717, 1.165) is 23.0 Å². The number of fused-ring (bicyclic) bond motifs is 1. The second kappa shape index (κ2) is 6.33. The van der Waals surface area contributed by atoms with E-state index in [1.54, 1.807) is 0 Å². The summed E-state index contributed by atoms with van der Waals surface area (Å²) in [5, 5.41) is 3.61. The van der Waals surface area contributed by atoms with Crippen LogP contribution in [0.3, 0.4) is 0 Å². The zero-order valence-corrected chi connectivity index (χ0v) is 12.7. The molecule has 2 fully saturated rings. The monoisotopic (exact) mass is 331 g/mol. The van der Waals surface area contributed by atoms with Crippen molar-refractivity contribution in [2.75, 3.05) is 19.6 Å². The number of aromatic nitrogens is 1. The van der Waals surface area contributed by atoms with Crippen LogP contribution in [0.25, 0.3) is 0 Å². The second-order valence-electron chi connectivity index (χ2n) is 5.14. The van der Waals surface area contributed by atoms with Crippen LogP contribution in [0, 0.1) is 5.92 Å². The van der Waals surface area contributed by atoms with Gasteiger partial charge in [-0.05, 0) is 59.4 Å². The molecule has 2 unspecified atom stereocenters. The molecule has 2 aliphatic heterocycles. The van der Waals surface area contributed by atoms with Crippen molar-refractivity contribution in [1.82, 2.24) is 15.2 Å². The molecule has 1 aromatic rings. The maximum atomic E-state index is 4.23. The van der Waals surface area contributed by atoms with Crippen molar-refractivity contribution >= 4 is 28.3 Å². The highest BCUT2D eigenvalue weighted by atomic mass is 79.9. The fourth-order valence-electron chi connectivity index (χ4n) is 3.07. The Morgan fingerprint density at radius 1 is 1.39 bits per heavy atom. The molecule has 0 saturated carbocycles. The van der Waals surface area contributed by atoms with Gasteiger partial charge in [-0.3, -0.25) is 9.88 Å². The van der Waals surface area contributed by atoms with E-state index in [-0.39, 0.29) is 12.4 Å². The number of nitrogens with one attached hydrogen (secondary N) is 1. The Bertz CT molecular complexity index is 402. The minimum absolute atomic E-state index is 0. The van der Waals surface area contributed by atoms with Gasteiger partial charge in [0.15, 0.2) is 0 Å². The van der Waals surface area contributed by atoms with Crippen molar-refractivity contribution in [2.24, 2.45) is 5.92 Å². The van der Waals surface area contributed by atoms with Crippen LogP contribution in [0.1, 0.15) is 18.4 Å². The molecule has 2 aliphatic rings. The molecule has 0 bridgehead atoms. The van der Waals surface area contributed by atoms with E-state index < -0.39 is 0 Å². The van der Waals surface area contributed by atoms with E-state index in [4.69, 9.17) is 0 Å². The Morgan fingerprint density at radius 2 is 2.28 bits per heavy atom. The van der Waals surface area contributed by atoms with Gasteiger partial charge in [0, 0.05) is 36.0 Å². The quantitative estimate of drug-likeness (QED) is 0.902. The van der Waals surface area contributed by atoms with E-state index in [0.29, 0.717) is 0 Å². The summed E-state index contributed by atoms with van der Waals surface area (Å²) in [4.78, 5) is 6.80. The number of hydrogen-bond acceptors (Lipinski definition) is 3. The summed E-state index contributed by atoms with van der Waals surface area (Å²) in [5.41, 5.74) is 1.31. The highest BCUT2D eigenvalue weighted by molar-refractivity contribution is 9.10. The first kappa shape index (κ1) is 14.3. The van der Waals surface area contributed by atoms with Crippen LogP contribution in [-0.4, -0.2) is 35.6 Å². The van der Waals surface area contributed by atoms with Gasteiger partial charge in [-0.25, -0.2) is 0 Å². The third kappa shape index (κ3) is 3.23. The Hall–Kier alpha value is -0.160. The number of halogens is 2. The minimum atomic E-state index is 0. The van der Waals surface area contributed by atoms with Gasteiger partial charge in [0.1, 0.15) is 0 Å². The van der Waals surface area contributed by atoms with Gasteiger partial charge >= 0.3 is 0 Å². The molecule has 0 aliphatic carbocycles. The first-order valence-corrected chi connectivity index (χ1v) is 7.16. The molecule has 100 valence electrons. The number of piperidine rings is 1. The zero-order valence-electron chi connectivity index (χ0n) is 10.3. The molecule has 3 nitrogen and oxygen atoms in total. The van der Waals surface area contributed by atoms with Gasteiger partial charge in [0.05, 0.1) is 0 Å². The number of nitrogens with zero attached hydrogens (tertiary/aromatic N) is 2. The van der Waals surface area contributed by atoms with E-state index >= 15 is 0 Å². The lowest BCUT2D eigenvalue weighted by atomic mass is 9.93. The van der Waals surface area contributed by atoms with Crippen LogP contribution in [0.5, 0.6) is 0 Å². The number of rotatable bonds is 2. The summed E-state index contributed by atoms with van der Waals surface area (Å²) in [6.07, 6.45) is 6.46. The molecule has 3 rings (SSSR count). The maximum Gasteiger partial charge on any atom is 0.0410 e. The van der Waals surface area contributed by atoms with Gasteiger partial charge in [-0.2, -0.15) is 0 Å². The third-order valence-electron chi connectivity index (χ3n) is 3.91. The molecule has 3 heterocycles. The lowest BCUT2D eigenvalue weighted by Crippen LogP contribution is -2.43. The average Bonchev–Trinajstić information content (AvgIpc) is 2.76. The second-order valence-corrected chi connectivity index (χ2v) is 6.06. The van der Waals surface area contributed by atoms with E-state index in [2.05, 4.69) is 37.2 Å². The van der Waals surface area contributed by atoms with Crippen LogP contribution in [0.4, 0.5) is 0 Å². The topological polar surface area (TPSA) is 28.2 Å². The number of hydrogen-bond donors (Lipinski definition) is 1. The highest BCUT2D eigenvalue weighted by Gasteiger charge is 2.32. The lowest BCUT2D eigenvalue weighted by molar-refractivity contribution is 0.156.